The standard InChI is InChI=1S/C23H23ClN4O3S/c1-13-5-7-16(10-18(13)24)26-23(32)25-11-14-6-8-17-15(9-14)12-28(22(17)31)19-3-2-4-20(29)27-21(19)30/h5-10,19H,2-4,11-12H2,1H3,(H2,25,26,32)(H,27,29,30)/t19-/m0/s1. The van der Waals surface area contributed by atoms with Crippen LogP contribution in [0.25, 0.3) is 0 Å². The highest BCUT2D eigenvalue weighted by atomic mass is 35.5. The highest BCUT2D eigenvalue weighted by Crippen LogP contribution is 2.28. The van der Waals surface area contributed by atoms with Crippen molar-refractivity contribution in [2.24, 2.45) is 0 Å². The Labute approximate surface area is 196 Å². The van der Waals surface area contributed by atoms with Crippen LogP contribution in [-0.2, 0) is 22.7 Å². The Balaban J connectivity index is 1.39. The summed E-state index contributed by atoms with van der Waals surface area (Å²) in [5.41, 5.74) is 4.21. The number of anilines is 1. The van der Waals surface area contributed by atoms with Gasteiger partial charge in [-0.2, -0.15) is 0 Å². The van der Waals surface area contributed by atoms with Crippen molar-refractivity contribution < 1.29 is 14.4 Å². The number of amides is 3. The van der Waals surface area contributed by atoms with E-state index in [1.165, 1.54) is 0 Å². The van der Waals surface area contributed by atoms with E-state index in [4.69, 9.17) is 23.8 Å². The maximum atomic E-state index is 12.9. The first-order valence-electron chi connectivity index (χ1n) is 10.4. The number of thiocarbonyl (C=S) groups is 1. The third kappa shape index (κ3) is 4.76. The molecule has 9 heteroatoms. The largest absolute Gasteiger partial charge is 0.358 e. The molecule has 0 spiro atoms. The number of nitrogens with zero attached hydrogens (tertiary/aromatic N) is 1. The van der Waals surface area contributed by atoms with Gasteiger partial charge < -0.3 is 15.5 Å². The molecular formula is C23H23ClN4O3S. The van der Waals surface area contributed by atoms with E-state index in [0.29, 0.717) is 48.1 Å². The van der Waals surface area contributed by atoms with Gasteiger partial charge in [0.05, 0.1) is 0 Å². The van der Waals surface area contributed by atoms with Gasteiger partial charge in [-0.1, -0.05) is 29.8 Å². The van der Waals surface area contributed by atoms with E-state index in [1.807, 2.05) is 37.3 Å². The van der Waals surface area contributed by atoms with Crippen LogP contribution in [0.15, 0.2) is 36.4 Å². The average molecular weight is 471 g/mol. The number of imide groups is 1. The first-order valence-corrected chi connectivity index (χ1v) is 11.2. The number of aryl methyl sites for hydroxylation is 1. The molecule has 1 saturated heterocycles. The molecule has 2 aliphatic rings. The molecule has 0 radical (unpaired) electrons. The molecule has 166 valence electrons. The summed E-state index contributed by atoms with van der Waals surface area (Å²) in [7, 11) is 0. The van der Waals surface area contributed by atoms with Crippen molar-refractivity contribution in [3.8, 4) is 0 Å². The third-order valence-electron chi connectivity index (χ3n) is 5.71. The SMILES string of the molecule is Cc1ccc(NC(=S)NCc2ccc3c(c2)CN([C@H]2CCCC(=O)NC2=O)C3=O)cc1Cl. The summed E-state index contributed by atoms with van der Waals surface area (Å²) in [5.74, 6) is -0.863. The lowest BCUT2D eigenvalue weighted by Gasteiger charge is -2.24. The predicted molar refractivity (Wildman–Crippen MR) is 126 cm³/mol. The van der Waals surface area contributed by atoms with E-state index in [9.17, 15) is 14.4 Å². The van der Waals surface area contributed by atoms with Crippen molar-refractivity contribution in [1.82, 2.24) is 15.5 Å². The van der Waals surface area contributed by atoms with Crippen LogP contribution in [0, 0.1) is 6.92 Å². The number of hydrogen-bond donors (Lipinski definition) is 3. The van der Waals surface area contributed by atoms with Crippen LogP contribution in [0.5, 0.6) is 0 Å². The average Bonchev–Trinajstić information content (AvgIpc) is 2.97. The molecule has 2 aromatic rings. The highest BCUT2D eigenvalue weighted by Gasteiger charge is 2.37. The summed E-state index contributed by atoms with van der Waals surface area (Å²) in [4.78, 5) is 38.4. The monoisotopic (exact) mass is 470 g/mol. The predicted octanol–water partition coefficient (Wildman–Crippen LogP) is 3.29. The quantitative estimate of drug-likeness (QED) is 0.469. The Morgan fingerprint density at radius 2 is 2.03 bits per heavy atom. The fourth-order valence-electron chi connectivity index (χ4n) is 3.95. The molecule has 2 aliphatic heterocycles. The number of benzene rings is 2. The summed E-state index contributed by atoms with van der Waals surface area (Å²) < 4.78 is 0. The molecule has 0 bridgehead atoms. The lowest BCUT2D eigenvalue weighted by molar-refractivity contribution is -0.132. The Morgan fingerprint density at radius 3 is 2.81 bits per heavy atom. The Bertz CT molecular complexity index is 1120. The summed E-state index contributed by atoms with van der Waals surface area (Å²) in [6.45, 7) is 2.76. The van der Waals surface area contributed by atoms with Gasteiger partial charge in [0, 0.05) is 35.8 Å². The third-order valence-corrected chi connectivity index (χ3v) is 6.36. The number of carbonyl (C=O) groups is 3. The van der Waals surface area contributed by atoms with Gasteiger partial charge in [0.1, 0.15) is 6.04 Å². The van der Waals surface area contributed by atoms with Gasteiger partial charge >= 0.3 is 0 Å². The first-order chi connectivity index (χ1) is 15.3. The number of fused-ring (bicyclic) bond motifs is 1. The van der Waals surface area contributed by atoms with Crippen molar-refractivity contribution in [3.05, 3.63) is 63.7 Å². The molecule has 0 saturated carbocycles. The zero-order valence-corrected chi connectivity index (χ0v) is 19.1. The van der Waals surface area contributed by atoms with Crippen LogP contribution in [-0.4, -0.2) is 33.8 Å². The number of carbonyl (C=O) groups excluding carboxylic acids is 3. The van der Waals surface area contributed by atoms with E-state index in [1.54, 1.807) is 11.0 Å². The maximum absolute atomic E-state index is 12.9. The fourth-order valence-corrected chi connectivity index (χ4v) is 4.32. The Hall–Kier alpha value is -2.97. The lowest BCUT2D eigenvalue weighted by atomic mass is 10.1. The van der Waals surface area contributed by atoms with Gasteiger partial charge in [-0.25, -0.2) is 0 Å². The highest BCUT2D eigenvalue weighted by molar-refractivity contribution is 7.80. The van der Waals surface area contributed by atoms with Crippen LogP contribution in [0.4, 0.5) is 5.69 Å². The molecule has 7 nitrogen and oxygen atoms in total. The zero-order chi connectivity index (χ0) is 22.8. The molecule has 3 amide bonds. The molecule has 3 N–H and O–H groups in total. The molecular weight excluding hydrogens is 448 g/mol. The second-order valence-electron chi connectivity index (χ2n) is 8.02. The van der Waals surface area contributed by atoms with E-state index >= 15 is 0 Å². The second-order valence-corrected chi connectivity index (χ2v) is 8.83. The maximum Gasteiger partial charge on any atom is 0.255 e. The number of hydrogen-bond acceptors (Lipinski definition) is 4. The van der Waals surface area contributed by atoms with Crippen molar-refractivity contribution in [1.29, 1.82) is 0 Å². The van der Waals surface area contributed by atoms with Crippen molar-refractivity contribution >= 4 is 52.3 Å². The number of rotatable bonds is 4. The molecule has 32 heavy (non-hydrogen) atoms. The number of halogens is 1. The van der Waals surface area contributed by atoms with Crippen LogP contribution in [0.2, 0.25) is 5.02 Å². The molecule has 2 aromatic carbocycles. The van der Waals surface area contributed by atoms with E-state index in [0.717, 1.165) is 22.4 Å². The van der Waals surface area contributed by atoms with Gasteiger partial charge in [-0.3, -0.25) is 19.7 Å². The van der Waals surface area contributed by atoms with Crippen LogP contribution < -0.4 is 16.0 Å². The zero-order valence-electron chi connectivity index (χ0n) is 17.5. The smallest absolute Gasteiger partial charge is 0.255 e. The Morgan fingerprint density at radius 1 is 1.22 bits per heavy atom. The van der Waals surface area contributed by atoms with Crippen LogP contribution in [0.1, 0.15) is 46.3 Å². The van der Waals surface area contributed by atoms with Crippen LogP contribution >= 0.6 is 23.8 Å². The molecule has 1 atom stereocenters. The van der Waals surface area contributed by atoms with Gasteiger partial charge in [0.15, 0.2) is 5.11 Å². The molecule has 0 aromatic heterocycles. The number of nitrogens with one attached hydrogen (secondary N) is 3. The summed E-state index contributed by atoms with van der Waals surface area (Å²) in [6, 6.07) is 10.6. The van der Waals surface area contributed by atoms with Gasteiger partial charge in [-0.15, -0.1) is 0 Å². The lowest BCUT2D eigenvalue weighted by Crippen LogP contribution is -2.46. The minimum atomic E-state index is -0.624. The minimum Gasteiger partial charge on any atom is -0.358 e. The van der Waals surface area contributed by atoms with E-state index in [2.05, 4.69) is 16.0 Å². The van der Waals surface area contributed by atoms with Gasteiger partial charge in [0.25, 0.3) is 5.91 Å². The molecule has 0 aliphatic carbocycles. The van der Waals surface area contributed by atoms with Gasteiger partial charge in [-0.05, 0) is 66.9 Å². The molecule has 2 heterocycles. The summed E-state index contributed by atoms with van der Waals surface area (Å²) in [6.07, 6.45) is 1.36. The van der Waals surface area contributed by atoms with Crippen molar-refractivity contribution in [2.75, 3.05) is 5.32 Å². The fraction of sp³-hybridized carbons (Fsp3) is 0.304. The summed E-state index contributed by atoms with van der Waals surface area (Å²) >= 11 is 11.5. The van der Waals surface area contributed by atoms with E-state index < -0.39 is 11.9 Å². The van der Waals surface area contributed by atoms with Crippen molar-refractivity contribution in [3.63, 3.8) is 0 Å². The normalized spacial score (nSPS) is 18.1. The van der Waals surface area contributed by atoms with Crippen LogP contribution in [0.3, 0.4) is 0 Å². The topological polar surface area (TPSA) is 90.5 Å². The first kappa shape index (κ1) is 22.2. The minimum absolute atomic E-state index is 0.178. The second kappa shape index (κ2) is 9.26. The molecule has 4 rings (SSSR count). The van der Waals surface area contributed by atoms with Gasteiger partial charge in [0.2, 0.25) is 11.8 Å². The summed E-state index contributed by atoms with van der Waals surface area (Å²) in [5, 5.41) is 9.76. The Kier molecular flexibility index (Phi) is 6.43. The van der Waals surface area contributed by atoms with E-state index in [-0.39, 0.29) is 11.8 Å². The molecule has 1 fully saturated rings. The molecule has 0 unspecified atom stereocenters. The van der Waals surface area contributed by atoms with Crippen molar-refractivity contribution in [2.45, 2.75) is 45.3 Å².